The average Bonchev–Trinajstić information content (AvgIpc) is 3.62. The van der Waals surface area contributed by atoms with Crippen molar-refractivity contribution in [3.63, 3.8) is 0 Å². The molecule has 4 atom stereocenters. The number of fused-ring (bicyclic) bond motifs is 4. The third kappa shape index (κ3) is 6.75. The molecule has 6 heterocycles. The highest BCUT2D eigenvalue weighted by atomic mass is 19.4. The van der Waals surface area contributed by atoms with Crippen molar-refractivity contribution in [2.45, 2.75) is 102 Å². The predicted octanol–water partition coefficient (Wildman–Crippen LogP) is 8.44. The highest BCUT2D eigenvalue weighted by Gasteiger charge is 2.51. The van der Waals surface area contributed by atoms with Crippen LogP contribution in [0.3, 0.4) is 0 Å². The summed E-state index contributed by atoms with van der Waals surface area (Å²) in [7, 11) is 0. The number of aromatic nitrogens is 3. The Bertz CT molecular complexity index is 2250. The molecule has 296 valence electrons. The number of halogens is 5. The normalized spacial score (nSPS) is 23.9. The van der Waals surface area contributed by atoms with Gasteiger partial charge in [0.05, 0.1) is 34.3 Å². The Morgan fingerprint density at radius 2 is 1.86 bits per heavy atom. The summed E-state index contributed by atoms with van der Waals surface area (Å²) in [6, 6.07) is 7.39. The maximum absolute atomic E-state index is 17.4. The largest absolute Gasteiger partial charge is 0.461 e. The number of anilines is 1. The lowest BCUT2D eigenvalue weighted by molar-refractivity contribution is -0.143. The van der Waals surface area contributed by atoms with Crippen LogP contribution in [0.15, 0.2) is 30.3 Å². The number of ether oxygens (including phenoxy) is 2. The van der Waals surface area contributed by atoms with E-state index in [1.807, 2.05) is 27.7 Å². The van der Waals surface area contributed by atoms with Crippen molar-refractivity contribution in [2.24, 2.45) is 5.92 Å². The topological polar surface area (TPSA) is 83.9 Å². The van der Waals surface area contributed by atoms with Crippen LogP contribution in [0, 0.1) is 29.9 Å². The van der Waals surface area contributed by atoms with Crippen molar-refractivity contribution in [1.82, 2.24) is 24.8 Å². The highest BCUT2D eigenvalue weighted by Crippen LogP contribution is 2.46. The van der Waals surface area contributed by atoms with E-state index in [4.69, 9.17) is 25.9 Å². The molecule has 56 heavy (non-hydrogen) atoms. The second-order valence-corrected chi connectivity index (χ2v) is 16.6. The van der Waals surface area contributed by atoms with Crippen molar-refractivity contribution in [2.75, 3.05) is 37.7 Å². The first-order valence-corrected chi connectivity index (χ1v) is 19.4. The van der Waals surface area contributed by atoms with Gasteiger partial charge in [-0.2, -0.15) is 23.1 Å². The van der Waals surface area contributed by atoms with Crippen LogP contribution >= 0.6 is 0 Å². The Balaban J connectivity index is 1.25. The zero-order chi connectivity index (χ0) is 39.7. The molecule has 8 rings (SSSR count). The lowest BCUT2D eigenvalue weighted by Crippen LogP contribution is -2.61. The first-order valence-electron chi connectivity index (χ1n) is 19.4. The first kappa shape index (κ1) is 38.1. The molecule has 3 fully saturated rings. The van der Waals surface area contributed by atoms with Crippen LogP contribution in [0.1, 0.15) is 77.5 Å². The van der Waals surface area contributed by atoms with Gasteiger partial charge in [0, 0.05) is 37.0 Å². The molecule has 4 aliphatic heterocycles. The number of nitrogens with zero attached hydrogens (tertiary/aromatic N) is 6. The van der Waals surface area contributed by atoms with Gasteiger partial charge >= 0.3 is 18.3 Å². The molecule has 0 N–H and O–H groups in total. The van der Waals surface area contributed by atoms with Gasteiger partial charge in [-0.15, -0.1) is 6.42 Å². The van der Waals surface area contributed by atoms with Crippen LogP contribution in [0.4, 0.5) is 32.6 Å². The van der Waals surface area contributed by atoms with E-state index >= 15 is 8.78 Å². The van der Waals surface area contributed by atoms with E-state index in [0.29, 0.717) is 91.5 Å². The van der Waals surface area contributed by atoms with Crippen molar-refractivity contribution >= 4 is 33.6 Å². The number of amides is 1. The number of hydrogen-bond acceptors (Lipinski definition) is 8. The van der Waals surface area contributed by atoms with Crippen LogP contribution < -0.4 is 9.64 Å². The second-order valence-electron chi connectivity index (χ2n) is 16.6. The molecule has 2 aromatic carbocycles. The van der Waals surface area contributed by atoms with Crippen LogP contribution in [-0.4, -0.2) is 93.0 Å². The van der Waals surface area contributed by atoms with Gasteiger partial charge in [-0.25, -0.2) is 18.6 Å². The van der Waals surface area contributed by atoms with Gasteiger partial charge in [-0.3, -0.25) is 4.90 Å². The lowest BCUT2D eigenvalue weighted by Gasteiger charge is -2.47. The number of hydrogen-bond donors (Lipinski definition) is 0. The molecule has 4 aliphatic rings. The molecule has 2 aromatic heterocycles. The van der Waals surface area contributed by atoms with Crippen molar-refractivity contribution in [3.8, 4) is 29.6 Å². The molecule has 3 saturated heterocycles. The highest BCUT2D eigenvalue weighted by molar-refractivity contribution is 6.03. The minimum absolute atomic E-state index is 0.0106. The summed E-state index contributed by atoms with van der Waals surface area (Å²) >= 11 is 0. The van der Waals surface area contributed by atoms with Gasteiger partial charge in [0.1, 0.15) is 35.1 Å². The lowest BCUT2D eigenvalue weighted by atomic mass is 9.89. The van der Waals surface area contributed by atoms with Crippen LogP contribution in [0.5, 0.6) is 6.01 Å². The monoisotopic (exact) mass is 776 g/mol. The fraction of sp³-hybridized carbons (Fsp3) is 0.524. The molecule has 14 heteroatoms. The molecule has 0 aliphatic carbocycles. The number of carbonyl (C=O) groups is 1. The number of rotatable bonds is 6. The number of aryl methyl sites for hydroxylation is 1. The molecular weight excluding hydrogens is 731 g/mol. The van der Waals surface area contributed by atoms with Gasteiger partial charge in [0.25, 0.3) is 0 Å². The zero-order valence-corrected chi connectivity index (χ0v) is 32.0. The maximum atomic E-state index is 17.4. The predicted molar refractivity (Wildman–Crippen MR) is 202 cm³/mol. The minimum atomic E-state index is -4.27. The fourth-order valence-corrected chi connectivity index (χ4v) is 9.74. The molecule has 0 saturated carbocycles. The smallest absolute Gasteiger partial charge is 0.410 e. The van der Waals surface area contributed by atoms with Gasteiger partial charge in [-0.05, 0) is 83.2 Å². The summed E-state index contributed by atoms with van der Waals surface area (Å²) in [5.74, 6) is 0.917. The van der Waals surface area contributed by atoms with Gasteiger partial charge in [0.2, 0.25) is 0 Å². The molecule has 9 nitrogen and oxygen atoms in total. The van der Waals surface area contributed by atoms with E-state index in [0.717, 1.165) is 6.42 Å². The molecular formula is C42H45F5N6O3. The summed E-state index contributed by atoms with van der Waals surface area (Å²) < 4.78 is 85.0. The Morgan fingerprint density at radius 3 is 2.59 bits per heavy atom. The van der Waals surface area contributed by atoms with E-state index in [1.54, 1.807) is 29.2 Å². The maximum Gasteiger partial charge on any atom is 0.410 e. The number of piperazine rings is 1. The summed E-state index contributed by atoms with van der Waals surface area (Å²) in [4.78, 5) is 34.0. The van der Waals surface area contributed by atoms with Crippen molar-refractivity contribution < 1.29 is 36.2 Å². The minimum Gasteiger partial charge on any atom is -0.461 e. The van der Waals surface area contributed by atoms with Crippen molar-refractivity contribution in [1.29, 1.82) is 0 Å². The third-order valence-electron chi connectivity index (χ3n) is 11.9. The van der Waals surface area contributed by atoms with Gasteiger partial charge in [-0.1, -0.05) is 37.1 Å². The van der Waals surface area contributed by atoms with Crippen LogP contribution in [0.25, 0.3) is 32.9 Å². The summed E-state index contributed by atoms with van der Waals surface area (Å²) in [5, 5.41) is 1.37. The number of terminal acetylenes is 1. The molecule has 1 amide bonds. The second kappa shape index (κ2) is 14.0. The quantitative estimate of drug-likeness (QED) is 0.143. The van der Waals surface area contributed by atoms with Gasteiger partial charge < -0.3 is 19.3 Å². The molecule has 0 spiro atoms. The van der Waals surface area contributed by atoms with E-state index in [2.05, 4.69) is 20.7 Å². The first-order chi connectivity index (χ1) is 26.6. The summed E-state index contributed by atoms with van der Waals surface area (Å²) in [6.07, 6.45) is 3.59. The summed E-state index contributed by atoms with van der Waals surface area (Å²) in [6.45, 7) is 9.20. The Hall–Kier alpha value is -4.77. The average molecular weight is 777 g/mol. The SMILES string of the molecule is C#Cc1c(F)ccc2cccc(-c3nc4c5c(nc(OC[C@]67CCCN6C[C@@H](CC(F)(F)F)C7)nc5c3F)N3CCN(C(=O)OC(C)(C)C)[C@@H](CC)[C@H]3CC4)c12. The molecule has 0 unspecified atom stereocenters. The number of pyridine rings is 1. The number of carbonyl (C=O) groups excluding carboxylic acids is 1. The Kier molecular flexibility index (Phi) is 9.53. The van der Waals surface area contributed by atoms with E-state index in [9.17, 15) is 18.0 Å². The van der Waals surface area contributed by atoms with Crippen LogP contribution in [-0.2, 0) is 11.2 Å². The molecule has 0 radical (unpaired) electrons. The Labute approximate surface area is 322 Å². The Morgan fingerprint density at radius 1 is 1.05 bits per heavy atom. The standard InChI is InChI=1S/C42H45F5N6O3/c1-6-26-28(43)13-12-25-10-8-11-27(32(25)26)35-34(44)36-33-29(48-35)14-15-31-30(7-2)53(39(54)56-40(3,4)5)19-18-52(31)37(33)50-38(49-36)55-23-41-16-9-17-51(41)22-24(20-41)21-42(45,46)47/h1,8,10-13,24,30-31H,7,9,14-23H2,2-5H3/t24-,30+,31-,41-/m1/s1. The molecule has 0 bridgehead atoms. The number of benzene rings is 2. The number of alkyl halides is 3. The summed E-state index contributed by atoms with van der Waals surface area (Å²) in [5.41, 5.74) is -0.574. The zero-order valence-electron chi connectivity index (χ0n) is 32.0. The van der Waals surface area contributed by atoms with E-state index in [1.165, 1.54) is 6.07 Å². The van der Waals surface area contributed by atoms with Crippen LogP contribution in [0.2, 0.25) is 0 Å². The fourth-order valence-electron chi connectivity index (χ4n) is 9.74. The molecule has 4 aromatic rings. The van der Waals surface area contributed by atoms with Crippen molar-refractivity contribution in [3.05, 3.63) is 53.2 Å². The third-order valence-corrected chi connectivity index (χ3v) is 11.9. The van der Waals surface area contributed by atoms with E-state index in [-0.39, 0.29) is 41.5 Å². The van der Waals surface area contributed by atoms with E-state index < -0.39 is 47.4 Å². The van der Waals surface area contributed by atoms with Gasteiger partial charge in [0.15, 0.2) is 5.82 Å².